The first-order valence-electron chi connectivity index (χ1n) is 11.3. The molecule has 2 aliphatic rings. The van der Waals surface area contributed by atoms with Crippen LogP contribution in [0.4, 0.5) is 23.7 Å². The maximum Gasteiger partial charge on any atom is 0.322 e. The number of rotatable bonds is 9. The van der Waals surface area contributed by atoms with Crippen molar-refractivity contribution >= 4 is 28.7 Å². The average Bonchev–Trinajstić information content (AvgIpc) is 3.56. The molecule has 0 fully saturated rings. The highest BCUT2D eigenvalue weighted by Crippen LogP contribution is 2.27. The van der Waals surface area contributed by atoms with Crippen molar-refractivity contribution in [2.45, 2.75) is 25.8 Å². The third kappa shape index (κ3) is 5.86. The Bertz CT molecular complexity index is 1220. The van der Waals surface area contributed by atoms with Gasteiger partial charge in [-0.15, -0.1) is 0 Å². The molecule has 182 valence electrons. The van der Waals surface area contributed by atoms with Gasteiger partial charge in [0.1, 0.15) is 11.5 Å². The summed E-state index contributed by atoms with van der Waals surface area (Å²) in [6, 6.07) is 11.6. The molecule has 35 heavy (non-hydrogen) atoms. The molecule has 2 aromatic rings. The second-order valence-corrected chi connectivity index (χ2v) is 8.19. The van der Waals surface area contributed by atoms with E-state index >= 15 is 4.39 Å². The van der Waals surface area contributed by atoms with E-state index in [0.717, 1.165) is 17.6 Å². The van der Waals surface area contributed by atoms with Gasteiger partial charge in [0.05, 0.1) is 12.3 Å². The molecule has 0 saturated heterocycles. The lowest BCUT2D eigenvalue weighted by Crippen LogP contribution is -2.42. The van der Waals surface area contributed by atoms with Gasteiger partial charge in [0, 0.05) is 36.3 Å². The summed E-state index contributed by atoms with van der Waals surface area (Å²) in [6.45, 7) is 0.985. The molecule has 4 rings (SSSR count). The number of alkyl halides is 2. The molecule has 0 aromatic heterocycles. The van der Waals surface area contributed by atoms with Crippen LogP contribution in [0, 0.1) is 5.82 Å². The van der Waals surface area contributed by atoms with Gasteiger partial charge in [0.2, 0.25) is 0 Å². The number of nitrogens with zero attached hydrogens (tertiary/aromatic N) is 3. The number of allylic oxidation sites excluding steroid dienone is 4. The van der Waals surface area contributed by atoms with Crippen LogP contribution in [0.15, 0.2) is 70.9 Å². The maximum atomic E-state index is 15.1. The summed E-state index contributed by atoms with van der Waals surface area (Å²) < 4.78 is 40.8. The number of carbonyl (C=O) groups is 1. The molecule has 0 radical (unpaired) electrons. The molecule has 2 amide bonds. The van der Waals surface area contributed by atoms with E-state index < -0.39 is 12.2 Å². The number of urea groups is 1. The Hall–Kier alpha value is -3.72. The molecule has 0 saturated carbocycles. The number of likely N-dealkylation sites (N-methyl/N-ethyl adjacent to an activating group) is 1. The monoisotopic (exact) mass is 481 g/mol. The summed E-state index contributed by atoms with van der Waals surface area (Å²) in [7, 11) is 1.79. The second kappa shape index (κ2) is 11.1. The fourth-order valence-corrected chi connectivity index (χ4v) is 3.87. The Morgan fingerprint density at radius 3 is 2.66 bits per heavy atom. The van der Waals surface area contributed by atoms with Crippen molar-refractivity contribution in [3.63, 3.8) is 0 Å². The van der Waals surface area contributed by atoms with Crippen LogP contribution in [0.2, 0.25) is 0 Å². The van der Waals surface area contributed by atoms with E-state index in [1.54, 1.807) is 19.2 Å². The number of benzene rings is 2. The van der Waals surface area contributed by atoms with Crippen LogP contribution in [-0.2, 0) is 6.54 Å². The molecular weight excluding hydrogens is 455 g/mol. The van der Waals surface area contributed by atoms with E-state index in [2.05, 4.69) is 33.0 Å². The Kier molecular flexibility index (Phi) is 7.77. The highest BCUT2D eigenvalue weighted by Gasteiger charge is 2.23. The number of hydrogen-bond acceptors (Lipinski definition) is 4. The van der Waals surface area contributed by atoms with Crippen LogP contribution in [0.3, 0.4) is 0 Å². The van der Waals surface area contributed by atoms with Crippen LogP contribution < -0.4 is 15.5 Å². The summed E-state index contributed by atoms with van der Waals surface area (Å²) in [4.78, 5) is 14.6. The first-order chi connectivity index (χ1) is 17.0. The molecule has 0 spiro atoms. The zero-order chi connectivity index (χ0) is 24.8. The minimum Gasteiger partial charge on any atom is -0.336 e. The minimum absolute atomic E-state index is 0.0128. The maximum absolute atomic E-state index is 15.1. The Morgan fingerprint density at radius 2 is 1.97 bits per heavy atom. The Labute approximate surface area is 201 Å². The van der Waals surface area contributed by atoms with Gasteiger partial charge in [0.15, 0.2) is 0 Å². The van der Waals surface area contributed by atoms with Crippen LogP contribution in [-0.4, -0.2) is 44.0 Å². The topological polar surface area (TPSA) is 69.1 Å². The third-order valence-electron chi connectivity index (χ3n) is 5.77. The summed E-state index contributed by atoms with van der Waals surface area (Å²) in [5.74, 6) is -0.554. The molecule has 0 bridgehead atoms. The van der Waals surface area contributed by atoms with Crippen LogP contribution in [0.1, 0.15) is 29.5 Å². The smallest absolute Gasteiger partial charge is 0.322 e. The van der Waals surface area contributed by atoms with Gasteiger partial charge in [-0.05, 0) is 42.8 Å². The number of hydrogen-bond donors (Lipinski definition) is 2. The van der Waals surface area contributed by atoms with Crippen molar-refractivity contribution in [2.75, 3.05) is 25.0 Å². The number of amides is 2. The van der Waals surface area contributed by atoms with E-state index in [-0.39, 0.29) is 36.0 Å². The fraction of sp³-hybridized carbons (Fsp3) is 0.269. The molecule has 1 heterocycles. The zero-order valence-electron chi connectivity index (χ0n) is 19.3. The van der Waals surface area contributed by atoms with E-state index in [4.69, 9.17) is 0 Å². The van der Waals surface area contributed by atoms with E-state index in [1.165, 1.54) is 11.0 Å². The van der Waals surface area contributed by atoms with Crippen LogP contribution in [0.5, 0.6) is 0 Å². The fourth-order valence-electron chi connectivity index (χ4n) is 3.87. The van der Waals surface area contributed by atoms with Crippen LogP contribution in [0.25, 0.3) is 5.57 Å². The molecule has 0 unspecified atom stereocenters. The highest BCUT2D eigenvalue weighted by atomic mass is 19.3. The molecule has 0 atom stereocenters. The largest absolute Gasteiger partial charge is 0.336 e. The van der Waals surface area contributed by atoms with Crippen molar-refractivity contribution in [1.82, 2.24) is 10.6 Å². The van der Waals surface area contributed by atoms with Gasteiger partial charge in [-0.25, -0.2) is 18.0 Å². The number of halogens is 3. The standard InChI is InChI=1S/C26H26F3N5O/c1-30-11-12-31-26(35)34(21-8-4-7-18(13-21)17-5-2-3-6-17)16-20-10-9-19(14-22(20)27)23-15-24(25(28)29)33-32-23/h2,4-10,13-14,25,30H,3,11-12,15-16H2,1H3,(H,31,35). The summed E-state index contributed by atoms with van der Waals surface area (Å²) in [5.41, 5.74) is 3.30. The normalized spacial score (nSPS) is 14.7. The predicted octanol–water partition coefficient (Wildman–Crippen LogP) is 4.92. The SMILES string of the molecule is CNCCNC(=O)N(Cc1ccc(C2=NN=C(C(F)F)C2)cc1F)c1cccc(C2=CCC=C2)c1. The van der Waals surface area contributed by atoms with E-state index in [9.17, 15) is 13.6 Å². The highest BCUT2D eigenvalue weighted by molar-refractivity contribution is 6.15. The van der Waals surface area contributed by atoms with Gasteiger partial charge in [-0.3, -0.25) is 4.90 Å². The average molecular weight is 482 g/mol. The van der Waals surface area contributed by atoms with Gasteiger partial charge in [-0.1, -0.05) is 42.5 Å². The number of anilines is 1. The molecule has 2 N–H and O–H groups in total. The number of carbonyl (C=O) groups excluding carboxylic acids is 1. The second-order valence-electron chi connectivity index (χ2n) is 8.19. The van der Waals surface area contributed by atoms with Gasteiger partial charge in [0.25, 0.3) is 6.43 Å². The lowest BCUT2D eigenvalue weighted by molar-refractivity contribution is 0.224. The Morgan fingerprint density at radius 1 is 1.11 bits per heavy atom. The van der Waals surface area contributed by atoms with E-state index in [1.807, 2.05) is 30.3 Å². The van der Waals surface area contributed by atoms with Gasteiger partial charge < -0.3 is 10.6 Å². The zero-order valence-corrected chi connectivity index (χ0v) is 19.3. The molecule has 9 heteroatoms. The number of nitrogens with one attached hydrogen (secondary N) is 2. The third-order valence-corrected chi connectivity index (χ3v) is 5.77. The first-order valence-corrected chi connectivity index (χ1v) is 11.3. The minimum atomic E-state index is -2.69. The molecule has 1 aliphatic heterocycles. The molecule has 2 aromatic carbocycles. The van der Waals surface area contributed by atoms with Crippen molar-refractivity contribution in [2.24, 2.45) is 10.2 Å². The lowest BCUT2D eigenvalue weighted by atomic mass is 10.0. The lowest BCUT2D eigenvalue weighted by Gasteiger charge is -2.24. The Balaban J connectivity index is 1.57. The van der Waals surface area contributed by atoms with Gasteiger partial charge >= 0.3 is 6.03 Å². The van der Waals surface area contributed by atoms with Crippen LogP contribution >= 0.6 is 0 Å². The molecular formula is C26H26F3N5O. The summed E-state index contributed by atoms with van der Waals surface area (Å²) in [6.07, 6.45) is 4.24. The predicted molar refractivity (Wildman–Crippen MR) is 133 cm³/mol. The van der Waals surface area contributed by atoms with E-state index in [0.29, 0.717) is 24.3 Å². The quantitative estimate of drug-likeness (QED) is 0.500. The summed E-state index contributed by atoms with van der Waals surface area (Å²) in [5, 5.41) is 13.1. The van der Waals surface area contributed by atoms with Gasteiger partial charge in [-0.2, -0.15) is 10.2 Å². The van der Waals surface area contributed by atoms with Crippen molar-refractivity contribution < 1.29 is 18.0 Å². The van der Waals surface area contributed by atoms with Crippen molar-refractivity contribution in [3.05, 3.63) is 83.2 Å². The molecule has 1 aliphatic carbocycles. The first kappa shape index (κ1) is 24.4. The summed E-state index contributed by atoms with van der Waals surface area (Å²) >= 11 is 0. The van der Waals surface area contributed by atoms with Crippen molar-refractivity contribution in [3.8, 4) is 0 Å². The molecule has 6 nitrogen and oxygen atoms in total. The van der Waals surface area contributed by atoms with Crippen molar-refractivity contribution in [1.29, 1.82) is 0 Å².